The predicted octanol–water partition coefficient (Wildman–Crippen LogP) is 2.43. The lowest BCUT2D eigenvalue weighted by atomic mass is 10.1. The van der Waals surface area contributed by atoms with Gasteiger partial charge in [-0.1, -0.05) is 46.3 Å². The number of halogens is 1. The Morgan fingerprint density at radius 1 is 1.05 bits per heavy atom. The lowest BCUT2D eigenvalue weighted by molar-refractivity contribution is 0.572. The van der Waals surface area contributed by atoms with E-state index in [4.69, 9.17) is 5.73 Å². The van der Waals surface area contributed by atoms with Gasteiger partial charge in [0.1, 0.15) is 0 Å². The highest BCUT2D eigenvalue weighted by molar-refractivity contribution is 9.10. The van der Waals surface area contributed by atoms with Crippen molar-refractivity contribution in [1.82, 2.24) is 4.72 Å². The summed E-state index contributed by atoms with van der Waals surface area (Å²) in [5, 5.41) is 0. The van der Waals surface area contributed by atoms with E-state index in [0.717, 1.165) is 10.0 Å². The summed E-state index contributed by atoms with van der Waals surface area (Å²) in [6.45, 7) is 0.155. The van der Waals surface area contributed by atoms with Gasteiger partial charge >= 0.3 is 0 Å². The molecule has 2 rings (SSSR count). The fraction of sp³-hybridized carbons (Fsp3) is 0.143. The summed E-state index contributed by atoms with van der Waals surface area (Å²) in [6.07, 6.45) is 0. The molecule has 0 amide bonds. The molecule has 3 N–H and O–H groups in total. The first-order valence-corrected chi connectivity index (χ1v) is 8.32. The molecular formula is C14H15BrN2O2S. The molecular weight excluding hydrogens is 340 g/mol. The molecule has 2 aromatic rings. The van der Waals surface area contributed by atoms with E-state index in [1.165, 1.54) is 0 Å². The van der Waals surface area contributed by atoms with Crippen molar-refractivity contribution in [3.05, 3.63) is 64.6 Å². The number of benzene rings is 2. The van der Waals surface area contributed by atoms with Crippen LogP contribution in [0.2, 0.25) is 0 Å². The Morgan fingerprint density at radius 2 is 1.65 bits per heavy atom. The molecule has 20 heavy (non-hydrogen) atoms. The van der Waals surface area contributed by atoms with Gasteiger partial charge in [0.25, 0.3) is 0 Å². The second-order valence-electron chi connectivity index (χ2n) is 4.32. The van der Waals surface area contributed by atoms with Gasteiger partial charge in [0, 0.05) is 17.1 Å². The molecule has 4 nitrogen and oxygen atoms in total. The zero-order chi connectivity index (χ0) is 14.6. The third kappa shape index (κ3) is 3.89. The Kier molecular flexibility index (Phi) is 4.93. The average Bonchev–Trinajstić information content (AvgIpc) is 2.46. The monoisotopic (exact) mass is 354 g/mol. The third-order valence-electron chi connectivity index (χ3n) is 2.84. The summed E-state index contributed by atoms with van der Waals surface area (Å²) in [5.74, 6) is 0. The molecule has 0 saturated heterocycles. The van der Waals surface area contributed by atoms with Gasteiger partial charge < -0.3 is 5.73 Å². The van der Waals surface area contributed by atoms with Gasteiger partial charge in [0.05, 0.1) is 4.90 Å². The maximum atomic E-state index is 12.1. The zero-order valence-electron chi connectivity index (χ0n) is 10.7. The van der Waals surface area contributed by atoms with Crippen molar-refractivity contribution in [1.29, 1.82) is 0 Å². The average molecular weight is 355 g/mol. The standard InChI is InChI=1S/C14H15BrN2O2S/c15-12-6-8-13(9-7-12)20(18,19)17-10-14(16)11-4-2-1-3-5-11/h1-9,14,17H,10,16H2. The van der Waals surface area contributed by atoms with Crippen LogP contribution in [0.5, 0.6) is 0 Å². The lowest BCUT2D eigenvalue weighted by Crippen LogP contribution is -2.31. The van der Waals surface area contributed by atoms with Gasteiger partial charge in [-0.05, 0) is 29.8 Å². The molecule has 0 fully saturated rings. The second kappa shape index (κ2) is 6.49. The quantitative estimate of drug-likeness (QED) is 0.865. The molecule has 1 atom stereocenters. The van der Waals surface area contributed by atoms with E-state index in [1.807, 2.05) is 30.3 Å². The van der Waals surface area contributed by atoms with Crippen molar-refractivity contribution in [3.8, 4) is 0 Å². The zero-order valence-corrected chi connectivity index (χ0v) is 13.1. The first kappa shape index (κ1) is 15.2. The maximum Gasteiger partial charge on any atom is 0.240 e. The summed E-state index contributed by atoms with van der Waals surface area (Å²) >= 11 is 3.27. The number of rotatable bonds is 5. The van der Waals surface area contributed by atoms with E-state index in [-0.39, 0.29) is 17.5 Å². The highest BCUT2D eigenvalue weighted by Gasteiger charge is 2.15. The summed E-state index contributed by atoms with van der Waals surface area (Å²) in [7, 11) is -3.53. The van der Waals surface area contributed by atoms with Crippen LogP contribution in [-0.4, -0.2) is 15.0 Å². The highest BCUT2D eigenvalue weighted by atomic mass is 79.9. The smallest absolute Gasteiger partial charge is 0.240 e. The van der Waals surface area contributed by atoms with Crippen LogP contribution in [0, 0.1) is 0 Å². The number of hydrogen-bond donors (Lipinski definition) is 2. The summed E-state index contributed by atoms with van der Waals surface area (Å²) in [5.41, 5.74) is 6.86. The van der Waals surface area contributed by atoms with Crippen molar-refractivity contribution in [2.45, 2.75) is 10.9 Å². The summed E-state index contributed by atoms with van der Waals surface area (Å²) in [4.78, 5) is 0.223. The Hall–Kier alpha value is -1.21. The van der Waals surface area contributed by atoms with Crippen LogP contribution in [0.1, 0.15) is 11.6 Å². The topological polar surface area (TPSA) is 72.2 Å². The van der Waals surface area contributed by atoms with Gasteiger partial charge in [-0.3, -0.25) is 0 Å². The third-order valence-corrected chi connectivity index (χ3v) is 4.81. The van der Waals surface area contributed by atoms with Crippen LogP contribution in [-0.2, 0) is 10.0 Å². The predicted molar refractivity (Wildman–Crippen MR) is 82.7 cm³/mol. The molecule has 0 radical (unpaired) electrons. The highest BCUT2D eigenvalue weighted by Crippen LogP contribution is 2.15. The Balaban J connectivity index is 2.04. The van der Waals surface area contributed by atoms with E-state index in [1.54, 1.807) is 24.3 Å². The Labute approximate surface area is 127 Å². The van der Waals surface area contributed by atoms with Crippen LogP contribution >= 0.6 is 15.9 Å². The number of nitrogens with one attached hydrogen (secondary N) is 1. The van der Waals surface area contributed by atoms with E-state index in [0.29, 0.717) is 0 Å². The number of nitrogens with two attached hydrogens (primary N) is 1. The SMILES string of the molecule is NC(CNS(=O)(=O)c1ccc(Br)cc1)c1ccccc1. The van der Waals surface area contributed by atoms with Crippen LogP contribution < -0.4 is 10.5 Å². The number of sulfonamides is 1. The van der Waals surface area contributed by atoms with Crippen molar-refractivity contribution in [2.24, 2.45) is 5.73 Å². The van der Waals surface area contributed by atoms with Gasteiger partial charge in [0.2, 0.25) is 10.0 Å². The molecule has 0 aliphatic rings. The molecule has 0 spiro atoms. The summed E-state index contributed by atoms with van der Waals surface area (Å²) in [6, 6.07) is 15.5. The lowest BCUT2D eigenvalue weighted by Gasteiger charge is -2.13. The Bertz CT molecular complexity index is 657. The summed E-state index contributed by atoms with van der Waals surface area (Å²) < 4.78 is 27.6. The van der Waals surface area contributed by atoms with Crippen molar-refractivity contribution < 1.29 is 8.42 Å². The van der Waals surface area contributed by atoms with E-state index in [9.17, 15) is 8.42 Å². The van der Waals surface area contributed by atoms with Crippen LogP contribution in [0.25, 0.3) is 0 Å². The molecule has 0 aliphatic heterocycles. The van der Waals surface area contributed by atoms with Crippen molar-refractivity contribution in [2.75, 3.05) is 6.54 Å². The molecule has 0 aliphatic carbocycles. The molecule has 2 aromatic carbocycles. The molecule has 0 saturated carbocycles. The fourth-order valence-electron chi connectivity index (χ4n) is 1.71. The maximum absolute atomic E-state index is 12.1. The minimum atomic E-state index is -3.53. The molecule has 106 valence electrons. The molecule has 0 heterocycles. The second-order valence-corrected chi connectivity index (χ2v) is 7.01. The van der Waals surface area contributed by atoms with Crippen molar-refractivity contribution in [3.63, 3.8) is 0 Å². The first-order valence-electron chi connectivity index (χ1n) is 6.05. The largest absolute Gasteiger partial charge is 0.323 e. The minimum absolute atomic E-state index is 0.155. The van der Waals surface area contributed by atoms with Crippen molar-refractivity contribution >= 4 is 26.0 Å². The minimum Gasteiger partial charge on any atom is -0.323 e. The molecule has 1 unspecified atom stereocenters. The van der Waals surface area contributed by atoms with Crippen LogP contribution in [0.15, 0.2) is 64.0 Å². The van der Waals surface area contributed by atoms with E-state index < -0.39 is 10.0 Å². The van der Waals surface area contributed by atoms with Gasteiger partial charge in [-0.2, -0.15) is 0 Å². The molecule has 6 heteroatoms. The van der Waals surface area contributed by atoms with Crippen LogP contribution in [0.4, 0.5) is 0 Å². The first-order chi connectivity index (χ1) is 9.49. The van der Waals surface area contributed by atoms with Crippen LogP contribution in [0.3, 0.4) is 0 Å². The molecule has 0 bridgehead atoms. The van der Waals surface area contributed by atoms with Gasteiger partial charge in [-0.25, -0.2) is 13.1 Å². The van der Waals surface area contributed by atoms with Gasteiger partial charge in [-0.15, -0.1) is 0 Å². The van der Waals surface area contributed by atoms with E-state index >= 15 is 0 Å². The molecule has 0 aromatic heterocycles. The van der Waals surface area contributed by atoms with Gasteiger partial charge in [0.15, 0.2) is 0 Å². The van der Waals surface area contributed by atoms with E-state index in [2.05, 4.69) is 20.7 Å². The number of hydrogen-bond acceptors (Lipinski definition) is 3. The normalized spacial score (nSPS) is 13.1. The fourth-order valence-corrected chi connectivity index (χ4v) is 3.04. The Morgan fingerprint density at radius 3 is 2.25 bits per heavy atom.